The third kappa shape index (κ3) is 5.72. The van der Waals surface area contributed by atoms with Crippen LogP contribution in [0.1, 0.15) is 37.6 Å². The van der Waals surface area contributed by atoms with Gasteiger partial charge in [-0.1, -0.05) is 66.0 Å². The summed E-state index contributed by atoms with van der Waals surface area (Å²) in [5, 5.41) is 3.58. The maximum Gasteiger partial charge on any atom is 0.254 e. The average molecular weight is 367 g/mol. The Kier molecular flexibility index (Phi) is 6.15. The Balaban J connectivity index is 2.61. The minimum Gasteiger partial charge on any atom is -0.351 e. The summed E-state index contributed by atoms with van der Waals surface area (Å²) in [7, 11) is 0. The van der Waals surface area contributed by atoms with Gasteiger partial charge in [-0.25, -0.2) is 0 Å². The summed E-state index contributed by atoms with van der Waals surface area (Å²) >= 11 is 15.5. The summed E-state index contributed by atoms with van der Waals surface area (Å²) in [6.45, 7) is 7.02. The van der Waals surface area contributed by atoms with Gasteiger partial charge in [0.2, 0.25) is 0 Å². The number of carbonyl (C=O) groups is 1. The minimum absolute atomic E-state index is 0.209. The molecule has 106 valence electrons. The largest absolute Gasteiger partial charge is 0.351 e. The molecule has 1 rings (SSSR count). The number of carbonyl (C=O) groups excluding carboxylic acids is 1. The second-order valence-electron chi connectivity index (χ2n) is 5.67. The lowest BCUT2D eigenvalue weighted by molar-refractivity contribution is 0.0953. The van der Waals surface area contributed by atoms with Crippen molar-refractivity contribution in [3.63, 3.8) is 0 Å². The summed E-state index contributed by atoms with van der Waals surface area (Å²) < 4.78 is 0. The number of alkyl halides is 1. The monoisotopic (exact) mass is 365 g/mol. The van der Waals surface area contributed by atoms with Crippen LogP contribution in [0.15, 0.2) is 18.2 Å². The first-order chi connectivity index (χ1) is 8.70. The standard InChI is InChI=1S/C14H18BrCl2NO/c1-14(2,3)7-9(15)8-18-13(19)12-10(16)5-4-6-11(12)17/h4-6,9H,7-8H2,1-3H3,(H,18,19). The smallest absolute Gasteiger partial charge is 0.254 e. The Morgan fingerprint density at radius 2 is 1.84 bits per heavy atom. The Bertz CT molecular complexity index is 437. The molecule has 0 saturated carbocycles. The van der Waals surface area contributed by atoms with E-state index in [2.05, 4.69) is 42.0 Å². The third-order valence-corrected chi connectivity index (χ3v) is 3.79. The molecule has 0 spiro atoms. The topological polar surface area (TPSA) is 29.1 Å². The lowest BCUT2D eigenvalue weighted by atomic mass is 9.90. The fraction of sp³-hybridized carbons (Fsp3) is 0.500. The van der Waals surface area contributed by atoms with Gasteiger partial charge in [-0.3, -0.25) is 4.79 Å². The molecule has 5 heteroatoms. The maximum absolute atomic E-state index is 12.1. The van der Waals surface area contributed by atoms with Crippen LogP contribution in [0.25, 0.3) is 0 Å². The van der Waals surface area contributed by atoms with Gasteiger partial charge in [0.25, 0.3) is 5.91 Å². The molecule has 0 fully saturated rings. The number of benzene rings is 1. The molecular weight excluding hydrogens is 349 g/mol. The maximum atomic E-state index is 12.1. The highest BCUT2D eigenvalue weighted by Crippen LogP contribution is 2.26. The number of amides is 1. The third-order valence-electron chi connectivity index (χ3n) is 2.51. The molecule has 1 unspecified atom stereocenters. The van der Waals surface area contributed by atoms with Crippen molar-refractivity contribution in [2.45, 2.75) is 32.0 Å². The first-order valence-corrected chi connectivity index (χ1v) is 7.74. The number of hydrogen-bond acceptors (Lipinski definition) is 1. The van der Waals surface area contributed by atoms with Crippen molar-refractivity contribution >= 4 is 45.0 Å². The van der Waals surface area contributed by atoms with Gasteiger partial charge in [0.05, 0.1) is 15.6 Å². The summed E-state index contributed by atoms with van der Waals surface area (Å²) in [5.74, 6) is -0.242. The molecule has 1 amide bonds. The first-order valence-electron chi connectivity index (χ1n) is 6.07. The van der Waals surface area contributed by atoms with Crippen molar-refractivity contribution in [3.05, 3.63) is 33.8 Å². The zero-order chi connectivity index (χ0) is 14.6. The van der Waals surface area contributed by atoms with Crippen LogP contribution in [-0.4, -0.2) is 17.3 Å². The zero-order valence-corrected chi connectivity index (χ0v) is 14.4. The van der Waals surface area contributed by atoms with E-state index in [0.29, 0.717) is 22.2 Å². The van der Waals surface area contributed by atoms with Crippen molar-refractivity contribution in [2.75, 3.05) is 6.54 Å². The Labute approximate surface area is 133 Å². The predicted molar refractivity (Wildman–Crippen MR) is 85.6 cm³/mol. The zero-order valence-electron chi connectivity index (χ0n) is 11.3. The fourth-order valence-corrected chi connectivity index (χ4v) is 3.45. The van der Waals surface area contributed by atoms with Crippen molar-refractivity contribution in [3.8, 4) is 0 Å². The number of hydrogen-bond donors (Lipinski definition) is 1. The van der Waals surface area contributed by atoms with Gasteiger partial charge >= 0.3 is 0 Å². The molecule has 2 nitrogen and oxygen atoms in total. The van der Waals surface area contributed by atoms with Crippen LogP contribution < -0.4 is 5.32 Å². The number of halogens is 3. The van der Waals surface area contributed by atoms with Crippen LogP contribution in [0.5, 0.6) is 0 Å². The lowest BCUT2D eigenvalue weighted by Crippen LogP contribution is -2.31. The van der Waals surface area contributed by atoms with Crippen LogP contribution in [0.2, 0.25) is 10.0 Å². The minimum atomic E-state index is -0.242. The molecule has 1 aromatic rings. The molecule has 0 saturated heterocycles. The van der Waals surface area contributed by atoms with Gasteiger partial charge in [0.1, 0.15) is 0 Å². The van der Waals surface area contributed by atoms with E-state index in [1.54, 1.807) is 18.2 Å². The fourth-order valence-electron chi connectivity index (χ4n) is 1.74. The Morgan fingerprint density at radius 1 is 1.32 bits per heavy atom. The van der Waals surface area contributed by atoms with E-state index in [4.69, 9.17) is 23.2 Å². The van der Waals surface area contributed by atoms with E-state index >= 15 is 0 Å². The molecule has 0 heterocycles. The van der Waals surface area contributed by atoms with Crippen molar-refractivity contribution in [2.24, 2.45) is 5.41 Å². The van der Waals surface area contributed by atoms with Crippen LogP contribution in [0.4, 0.5) is 0 Å². The molecule has 1 atom stereocenters. The average Bonchev–Trinajstić information content (AvgIpc) is 2.23. The van der Waals surface area contributed by atoms with E-state index in [1.165, 1.54) is 0 Å². The summed E-state index contributed by atoms with van der Waals surface area (Å²) in [4.78, 5) is 12.3. The predicted octanol–water partition coefficient (Wildman–Crippen LogP) is 4.92. The quantitative estimate of drug-likeness (QED) is 0.752. The summed E-state index contributed by atoms with van der Waals surface area (Å²) in [6, 6.07) is 5.03. The molecule has 1 N–H and O–H groups in total. The van der Waals surface area contributed by atoms with Crippen LogP contribution >= 0.6 is 39.1 Å². The lowest BCUT2D eigenvalue weighted by Gasteiger charge is -2.22. The van der Waals surface area contributed by atoms with Crippen molar-refractivity contribution in [1.29, 1.82) is 0 Å². The van der Waals surface area contributed by atoms with Gasteiger partial charge in [0, 0.05) is 11.4 Å². The number of nitrogens with one attached hydrogen (secondary N) is 1. The second kappa shape index (κ2) is 6.96. The molecule has 0 aliphatic carbocycles. The Morgan fingerprint density at radius 3 is 2.32 bits per heavy atom. The van der Waals surface area contributed by atoms with Gasteiger partial charge in [-0.2, -0.15) is 0 Å². The van der Waals surface area contributed by atoms with E-state index in [1.807, 2.05) is 0 Å². The molecular formula is C14H18BrCl2NO. The van der Waals surface area contributed by atoms with E-state index in [9.17, 15) is 4.79 Å². The molecule has 0 radical (unpaired) electrons. The van der Waals surface area contributed by atoms with Crippen LogP contribution in [0, 0.1) is 5.41 Å². The highest BCUT2D eigenvalue weighted by Gasteiger charge is 2.19. The molecule has 19 heavy (non-hydrogen) atoms. The normalized spacial score (nSPS) is 13.2. The first kappa shape index (κ1) is 16.8. The molecule has 0 aromatic heterocycles. The summed E-state index contributed by atoms with van der Waals surface area (Å²) in [5.41, 5.74) is 0.544. The van der Waals surface area contributed by atoms with Crippen molar-refractivity contribution in [1.82, 2.24) is 5.32 Å². The molecule has 0 aliphatic rings. The van der Waals surface area contributed by atoms with Crippen molar-refractivity contribution < 1.29 is 4.79 Å². The molecule has 1 aromatic carbocycles. The van der Waals surface area contributed by atoms with Gasteiger partial charge in [-0.05, 0) is 24.0 Å². The SMILES string of the molecule is CC(C)(C)CC(Br)CNC(=O)c1c(Cl)cccc1Cl. The van der Waals surface area contributed by atoms with E-state index in [-0.39, 0.29) is 16.1 Å². The molecule has 0 aliphatic heterocycles. The second-order valence-corrected chi connectivity index (χ2v) is 7.78. The molecule has 0 bridgehead atoms. The van der Waals surface area contributed by atoms with E-state index < -0.39 is 0 Å². The van der Waals surface area contributed by atoms with Gasteiger partial charge < -0.3 is 5.32 Å². The van der Waals surface area contributed by atoms with Crippen LogP contribution in [-0.2, 0) is 0 Å². The van der Waals surface area contributed by atoms with Crippen LogP contribution in [0.3, 0.4) is 0 Å². The number of rotatable bonds is 4. The van der Waals surface area contributed by atoms with Gasteiger partial charge in [-0.15, -0.1) is 0 Å². The highest BCUT2D eigenvalue weighted by molar-refractivity contribution is 9.09. The highest BCUT2D eigenvalue weighted by atomic mass is 79.9. The summed E-state index contributed by atoms with van der Waals surface area (Å²) in [6.07, 6.45) is 0.962. The Hall–Kier alpha value is -0.250. The van der Waals surface area contributed by atoms with E-state index in [0.717, 1.165) is 6.42 Å². The van der Waals surface area contributed by atoms with Gasteiger partial charge in [0.15, 0.2) is 0 Å².